The Labute approximate surface area is 207 Å². The zero-order valence-electron chi connectivity index (χ0n) is 18.6. The summed E-state index contributed by atoms with van der Waals surface area (Å²) in [5.74, 6) is 0.101. The summed E-state index contributed by atoms with van der Waals surface area (Å²) in [6.07, 6.45) is 1.62. The van der Waals surface area contributed by atoms with E-state index in [1.807, 2.05) is 18.2 Å². The van der Waals surface area contributed by atoms with Gasteiger partial charge in [0.05, 0.1) is 40.4 Å². The fourth-order valence-corrected chi connectivity index (χ4v) is 4.32. The Balaban J connectivity index is 1.36. The van der Waals surface area contributed by atoms with E-state index in [1.165, 1.54) is 6.07 Å². The minimum Gasteiger partial charge on any atom is -0.462 e. The number of nitrogens with zero attached hydrogens (tertiary/aromatic N) is 3. The van der Waals surface area contributed by atoms with Crippen LogP contribution in [-0.4, -0.2) is 46.6 Å². The molecule has 0 bridgehead atoms. The lowest BCUT2D eigenvalue weighted by Gasteiger charge is -2.30. The topological polar surface area (TPSA) is 97.6 Å². The summed E-state index contributed by atoms with van der Waals surface area (Å²) in [6.45, 7) is 3.82. The van der Waals surface area contributed by atoms with Gasteiger partial charge in [0, 0.05) is 12.1 Å². The minimum atomic E-state index is -0.455. The van der Waals surface area contributed by atoms with Crippen molar-refractivity contribution in [2.24, 2.45) is 5.92 Å². The third-order valence-electron chi connectivity index (χ3n) is 5.56. The van der Waals surface area contributed by atoms with Gasteiger partial charge in [0.25, 0.3) is 0 Å². The number of likely N-dealkylation sites (tertiary alicyclic amines) is 1. The number of halogens is 2. The van der Waals surface area contributed by atoms with Crippen LogP contribution in [0.4, 0.5) is 5.69 Å². The van der Waals surface area contributed by atoms with Crippen LogP contribution < -0.4 is 5.32 Å². The second-order valence-electron chi connectivity index (χ2n) is 7.97. The normalized spacial score (nSPS) is 16.3. The van der Waals surface area contributed by atoms with Gasteiger partial charge in [0.1, 0.15) is 0 Å². The highest BCUT2D eigenvalue weighted by atomic mass is 35.5. The lowest BCUT2D eigenvalue weighted by atomic mass is 9.97. The molecule has 1 saturated heterocycles. The van der Waals surface area contributed by atoms with Crippen LogP contribution in [0.5, 0.6) is 0 Å². The van der Waals surface area contributed by atoms with Crippen molar-refractivity contribution in [3.8, 4) is 11.4 Å². The highest BCUT2D eigenvalue weighted by Gasteiger charge is 2.27. The van der Waals surface area contributed by atoms with Crippen LogP contribution in [0.25, 0.3) is 11.4 Å². The van der Waals surface area contributed by atoms with E-state index in [4.69, 9.17) is 32.5 Å². The Morgan fingerprint density at radius 3 is 2.79 bits per heavy atom. The van der Waals surface area contributed by atoms with Gasteiger partial charge in [-0.2, -0.15) is 4.98 Å². The fourth-order valence-electron chi connectivity index (χ4n) is 3.87. The quantitative estimate of drug-likeness (QED) is 0.450. The van der Waals surface area contributed by atoms with Gasteiger partial charge < -0.3 is 14.6 Å². The smallest absolute Gasteiger partial charge is 0.338 e. The molecule has 34 heavy (non-hydrogen) atoms. The van der Waals surface area contributed by atoms with Gasteiger partial charge in [-0.1, -0.05) is 40.5 Å². The number of benzene rings is 2. The number of ether oxygens (including phenoxy) is 1. The number of amides is 1. The van der Waals surface area contributed by atoms with Crippen molar-refractivity contribution in [2.45, 2.75) is 26.3 Å². The molecular formula is C24H24Cl2N4O4. The van der Waals surface area contributed by atoms with E-state index < -0.39 is 5.97 Å². The van der Waals surface area contributed by atoms with Crippen molar-refractivity contribution in [1.82, 2.24) is 15.0 Å². The van der Waals surface area contributed by atoms with Crippen molar-refractivity contribution in [2.75, 3.05) is 25.0 Å². The number of aromatic nitrogens is 2. The number of carbonyl (C=O) groups excluding carboxylic acids is 2. The summed E-state index contributed by atoms with van der Waals surface area (Å²) in [5.41, 5.74) is 1.50. The Hall–Kier alpha value is -2.94. The predicted octanol–water partition coefficient (Wildman–Crippen LogP) is 5.07. The molecule has 1 amide bonds. The molecule has 2 heterocycles. The second kappa shape index (κ2) is 11.0. The molecular weight excluding hydrogens is 479 g/mol. The molecule has 3 aromatic rings. The van der Waals surface area contributed by atoms with Crippen molar-refractivity contribution in [3.05, 3.63) is 64.0 Å². The lowest BCUT2D eigenvalue weighted by Crippen LogP contribution is -2.40. The highest BCUT2D eigenvalue weighted by molar-refractivity contribution is 6.34. The molecule has 4 rings (SSSR count). The summed E-state index contributed by atoms with van der Waals surface area (Å²) < 4.78 is 10.4. The van der Waals surface area contributed by atoms with E-state index >= 15 is 0 Å². The van der Waals surface area contributed by atoms with Crippen molar-refractivity contribution in [3.63, 3.8) is 0 Å². The number of anilines is 1. The van der Waals surface area contributed by atoms with E-state index in [-0.39, 0.29) is 23.5 Å². The largest absolute Gasteiger partial charge is 0.462 e. The van der Waals surface area contributed by atoms with Crippen LogP contribution in [-0.2, 0) is 16.1 Å². The number of carbonyl (C=O) groups is 2. The van der Waals surface area contributed by atoms with Crippen LogP contribution >= 0.6 is 23.2 Å². The number of rotatable bonds is 7. The molecule has 1 fully saturated rings. The molecule has 8 nitrogen and oxygen atoms in total. The van der Waals surface area contributed by atoms with Crippen LogP contribution in [0.1, 0.15) is 36.0 Å². The van der Waals surface area contributed by atoms with Crippen molar-refractivity contribution >= 4 is 40.8 Å². The third-order valence-corrected chi connectivity index (χ3v) is 6.20. The lowest BCUT2D eigenvalue weighted by molar-refractivity contribution is -0.121. The summed E-state index contributed by atoms with van der Waals surface area (Å²) in [6, 6.07) is 12.0. The molecule has 1 aliphatic rings. The van der Waals surface area contributed by atoms with Gasteiger partial charge in [-0.25, -0.2) is 4.79 Å². The first-order valence-electron chi connectivity index (χ1n) is 11.0. The zero-order valence-corrected chi connectivity index (χ0v) is 20.1. The number of hydrogen-bond donors (Lipinski definition) is 1. The molecule has 2 aromatic carbocycles. The number of nitrogens with one attached hydrogen (secondary N) is 1. The predicted molar refractivity (Wildman–Crippen MR) is 129 cm³/mol. The monoisotopic (exact) mass is 502 g/mol. The van der Waals surface area contributed by atoms with Crippen molar-refractivity contribution < 1.29 is 18.8 Å². The number of esters is 1. The standard InChI is InChI=1S/C24H24Cl2N4O4/c1-2-33-24(32)15-9-10-20(19(26)12-15)27-23(31)16-6-5-11-30(13-16)14-21-28-22(29-34-21)17-7-3-4-8-18(17)25/h3-4,7-10,12,16H,2,5-6,11,13-14H2,1H3,(H,27,31). The Kier molecular flexibility index (Phi) is 7.82. The second-order valence-corrected chi connectivity index (χ2v) is 8.78. The summed E-state index contributed by atoms with van der Waals surface area (Å²) in [4.78, 5) is 31.4. The van der Waals surface area contributed by atoms with Gasteiger partial charge in [0.15, 0.2) is 0 Å². The maximum Gasteiger partial charge on any atom is 0.338 e. The Morgan fingerprint density at radius 1 is 1.21 bits per heavy atom. The molecule has 0 radical (unpaired) electrons. The summed E-state index contributed by atoms with van der Waals surface area (Å²) in [7, 11) is 0. The number of hydrogen-bond acceptors (Lipinski definition) is 7. The SMILES string of the molecule is CCOC(=O)c1ccc(NC(=O)C2CCCN(Cc3nc(-c4ccccc4Cl)no3)C2)c(Cl)c1. The first kappa shape index (κ1) is 24.2. The molecule has 1 aliphatic heterocycles. The van der Waals surface area contributed by atoms with Gasteiger partial charge in [-0.05, 0) is 56.6 Å². The molecule has 1 aromatic heterocycles. The van der Waals surface area contributed by atoms with Crippen molar-refractivity contribution in [1.29, 1.82) is 0 Å². The maximum atomic E-state index is 12.9. The Morgan fingerprint density at radius 2 is 2.03 bits per heavy atom. The third kappa shape index (κ3) is 5.75. The molecule has 0 aliphatic carbocycles. The van der Waals surface area contributed by atoms with Crippen LogP contribution in [0.15, 0.2) is 47.0 Å². The first-order valence-corrected chi connectivity index (χ1v) is 11.8. The molecule has 10 heteroatoms. The van der Waals surface area contributed by atoms with Crippen LogP contribution in [0, 0.1) is 5.92 Å². The molecule has 0 saturated carbocycles. The highest BCUT2D eigenvalue weighted by Crippen LogP contribution is 2.27. The van der Waals surface area contributed by atoms with E-state index in [2.05, 4.69) is 20.4 Å². The number of piperidine rings is 1. The van der Waals surface area contributed by atoms with Gasteiger partial charge >= 0.3 is 5.97 Å². The van der Waals surface area contributed by atoms with E-state index in [9.17, 15) is 9.59 Å². The zero-order chi connectivity index (χ0) is 24.1. The van der Waals surface area contributed by atoms with E-state index in [1.54, 1.807) is 25.1 Å². The molecule has 1 atom stereocenters. The Bertz CT molecular complexity index is 1180. The van der Waals surface area contributed by atoms with Crippen LogP contribution in [0.3, 0.4) is 0 Å². The minimum absolute atomic E-state index is 0.127. The molecule has 178 valence electrons. The van der Waals surface area contributed by atoms with E-state index in [0.29, 0.717) is 46.6 Å². The maximum absolute atomic E-state index is 12.9. The summed E-state index contributed by atoms with van der Waals surface area (Å²) in [5, 5.41) is 7.75. The average molecular weight is 503 g/mol. The molecule has 1 unspecified atom stereocenters. The fraction of sp³-hybridized carbons (Fsp3) is 0.333. The molecule has 1 N–H and O–H groups in total. The van der Waals surface area contributed by atoms with Gasteiger partial charge in [0.2, 0.25) is 17.6 Å². The van der Waals surface area contributed by atoms with Gasteiger partial charge in [-0.3, -0.25) is 9.69 Å². The van der Waals surface area contributed by atoms with Crippen LogP contribution in [0.2, 0.25) is 10.0 Å². The average Bonchev–Trinajstić information content (AvgIpc) is 3.29. The first-order chi connectivity index (χ1) is 16.4. The van der Waals surface area contributed by atoms with E-state index in [0.717, 1.165) is 19.4 Å². The van der Waals surface area contributed by atoms with Gasteiger partial charge in [-0.15, -0.1) is 0 Å². The summed E-state index contributed by atoms with van der Waals surface area (Å²) >= 11 is 12.5. The molecule has 0 spiro atoms.